The van der Waals surface area contributed by atoms with E-state index in [0.29, 0.717) is 11.3 Å². The van der Waals surface area contributed by atoms with Gasteiger partial charge in [0.25, 0.3) is 0 Å². The van der Waals surface area contributed by atoms with E-state index in [0.717, 1.165) is 0 Å². The number of nitrogens with zero attached hydrogens (tertiary/aromatic N) is 1. The van der Waals surface area contributed by atoms with Crippen molar-refractivity contribution in [2.45, 2.75) is 19.3 Å². The predicted molar refractivity (Wildman–Crippen MR) is 68.8 cm³/mol. The van der Waals surface area contributed by atoms with Crippen molar-refractivity contribution >= 4 is 5.97 Å². The summed E-state index contributed by atoms with van der Waals surface area (Å²) in [7, 11) is 1.49. The van der Waals surface area contributed by atoms with Gasteiger partial charge in [-0.25, -0.2) is 0 Å². The van der Waals surface area contributed by atoms with E-state index in [1.807, 2.05) is 0 Å². The molecule has 6 nitrogen and oxygen atoms in total. The van der Waals surface area contributed by atoms with E-state index in [-0.39, 0.29) is 19.6 Å². The maximum atomic E-state index is 11.5. The maximum absolute atomic E-state index is 11.5. The van der Waals surface area contributed by atoms with Gasteiger partial charge in [0.2, 0.25) is 6.54 Å². The summed E-state index contributed by atoms with van der Waals surface area (Å²) in [5, 5.41) is 10.7. The highest BCUT2D eigenvalue weighted by Gasteiger charge is 2.24. The van der Waals surface area contributed by atoms with Gasteiger partial charge < -0.3 is 9.47 Å². The fourth-order valence-corrected chi connectivity index (χ4v) is 1.88. The summed E-state index contributed by atoms with van der Waals surface area (Å²) in [6.45, 7) is 1.62. The van der Waals surface area contributed by atoms with Gasteiger partial charge in [-0.05, 0) is 13.0 Å². The van der Waals surface area contributed by atoms with E-state index in [1.165, 1.54) is 7.11 Å². The van der Waals surface area contributed by atoms with Gasteiger partial charge in [0.1, 0.15) is 5.75 Å². The van der Waals surface area contributed by atoms with E-state index in [1.54, 1.807) is 31.2 Å². The second-order valence-corrected chi connectivity index (χ2v) is 3.96. The molecule has 0 spiro atoms. The summed E-state index contributed by atoms with van der Waals surface area (Å²) in [5.41, 5.74) is 0.648. The molecule has 0 N–H and O–H groups in total. The number of para-hydroxylation sites is 1. The highest BCUT2D eigenvalue weighted by atomic mass is 16.6. The van der Waals surface area contributed by atoms with Gasteiger partial charge in [0, 0.05) is 10.5 Å². The van der Waals surface area contributed by atoms with E-state index in [4.69, 9.17) is 9.47 Å². The maximum Gasteiger partial charge on any atom is 0.306 e. The molecule has 0 aromatic heterocycles. The molecule has 1 aromatic carbocycles. The van der Waals surface area contributed by atoms with Crippen LogP contribution in [0.4, 0.5) is 0 Å². The average molecular weight is 267 g/mol. The minimum atomic E-state index is -0.551. The molecule has 1 atom stereocenters. The van der Waals surface area contributed by atoms with Crippen LogP contribution in [0.2, 0.25) is 0 Å². The molecule has 1 aromatic rings. The lowest BCUT2D eigenvalue weighted by Gasteiger charge is -2.15. The topological polar surface area (TPSA) is 78.7 Å². The normalized spacial score (nSPS) is 11.7. The number of esters is 1. The quantitative estimate of drug-likeness (QED) is 0.429. The molecule has 0 amide bonds. The molecule has 0 aliphatic carbocycles. The molecule has 0 radical (unpaired) electrons. The van der Waals surface area contributed by atoms with Gasteiger partial charge in [-0.3, -0.25) is 14.9 Å². The zero-order valence-corrected chi connectivity index (χ0v) is 11.0. The van der Waals surface area contributed by atoms with Gasteiger partial charge in [0.15, 0.2) is 0 Å². The summed E-state index contributed by atoms with van der Waals surface area (Å²) in [6.07, 6.45) is -0.0325. The van der Waals surface area contributed by atoms with Crippen LogP contribution in [0.1, 0.15) is 24.8 Å². The first-order valence-electron chi connectivity index (χ1n) is 5.98. The molecule has 0 aliphatic heterocycles. The third kappa shape index (κ3) is 4.57. The molecular formula is C13H17NO5. The second kappa shape index (κ2) is 7.35. The molecule has 0 fully saturated rings. The van der Waals surface area contributed by atoms with Crippen molar-refractivity contribution < 1.29 is 19.2 Å². The van der Waals surface area contributed by atoms with Crippen molar-refractivity contribution in [3.63, 3.8) is 0 Å². The zero-order valence-electron chi connectivity index (χ0n) is 11.0. The molecule has 0 saturated heterocycles. The van der Waals surface area contributed by atoms with Gasteiger partial charge in [-0.2, -0.15) is 0 Å². The minimum Gasteiger partial charge on any atom is -0.496 e. The Morgan fingerprint density at radius 2 is 2.11 bits per heavy atom. The standard InChI is InChI=1S/C13H17NO5/c1-3-19-13(15)8-10(9-14(16)17)11-6-4-5-7-12(11)18-2/h4-7,10H,3,8-9H2,1-2H3/t10-/m1/s1. The van der Waals surface area contributed by atoms with Crippen LogP contribution in [0.5, 0.6) is 5.75 Å². The fraction of sp³-hybridized carbons (Fsp3) is 0.462. The Bertz CT molecular complexity index is 446. The Labute approximate surface area is 111 Å². The third-order valence-electron chi connectivity index (χ3n) is 2.67. The van der Waals surface area contributed by atoms with Crippen LogP contribution < -0.4 is 4.74 Å². The average Bonchev–Trinajstić information content (AvgIpc) is 2.37. The van der Waals surface area contributed by atoms with Crippen LogP contribution in [0, 0.1) is 10.1 Å². The van der Waals surface area contributed by atoms with Gasteiger partial charge in [-0.1, -0.05) is 18.2 Å². The number of carbonyl (C=O) groups excluding carboxylic acids is 1. The predicted octanol–water partition coefficient (Wildman–Crippen LogP) is 2.01. The van der Waals surface area contributed by atoms with Crippen LogP contribution in [0.25, 0.3) is 0 Å². The number of hydrogen-bond donors (Lipinski definition) is 0. The smallest absolute Gasteiger partial charge is 0.306 e. The lowest BCUT2D eigenvalue weighted by Crippen LogP contribution is -2.18. The Morgan fingerprint density at radius 3 is 2.68 bits per heavy atom. The summed E-state index contributed by atoms with van der Waals surface area (Å²) >= 11 is 0. The van der Waals surface area contributed by atoms with Crippen LogP contribution in [0.15, 0.2) is 24.3 Å². The van der Waals surface area contributed by atoms with Crippen LogP contribution >= 0.6 is 0 Å². The minimum absolute atomic E-state index is 0.0325. The number of benzene rings is 1. The molecular weight excluding hydrogens is 250 g/mol. The van der Waals surface area contributed by atoms with Crippen molar-refractivity contribution in [2.75, 3.05) is 20.3 Å². The van der Waals surface area contributed by atoms with Gasteiger partial charge in [0.05, 0.1) is 26.1 Å². The largest absolute Gasteiger partial charge is 0.496 e. The van der Waals surface area contributed by atoms with E-state index >= 15 is 0 Å². The lowest BCUT2D eigenvalue weighted by molar-refractivity contribution is -0.483. The Morgan fingerprint density at radius 1 is 1.42 bits per heavy atom. The molecule has 1 rings (SSSR count). The Balaban J connectivity index is 2.95. The summed E-state index contributed by atoms with van der Waals surface area (Å²) in [6, 6.07) is 6.98. The number of ether oxygens (including phenoxy) is 2. The molecule has 19 heavy (non-hydrogen) atoms. The number of carbonyl (C=O) groups is 1. The molecule has 6 heteroatoms. The number of nitro groups is 1. The highest BCUT2D eigenvalue weighted by Crippen LogP contribution is 2.29. The lowest BCUT2D eigenvalue weighted by atomic mass is 9.95. The van der Waals surface area contributed by atoms with Crippen molar-refractivity contribution in [1.82, 2.24) is 0 Å². The monoisotopic (exact) mass is 267 g/mol. The van der Waals surface area contributed by atoms with Crippen LogP contribution in [0.3, 0.4) is 0 Å². The first-order valence-corrected chi connectivity index (χ1v) is 5.98. The Kier molecular flexibility index (Phi) is 5.78. The first kappa shape index (κ1) is 14.9. The molecule has 0 aliphatic rings. The molecule has 0 saturated carbocycles. The third-order valence-corrected chi connectivity index (χ3v) is 2.67. The van der Waals surface area contributed by atoms with Crippen LogP contribution in [-0.4, -0.2) is 31.2 Å². The number of hydrogen-bond acceptors (Lipinski definition) is 5. The van der Waals surface area contributed by atoms with Crippen LogP contribution in [-0.2, 0) is 9.53 Å². The summed E-state index contributed by atoms with van der Waals surface area (Å²) < 4.78 is 10.0. The number of methoxy groups -OCH3 is 1. The van der Waals surface area contributed by atoms with Gasteiger partial charge in [-0.15, -0.1) is 0 Å². The summed E-state index contributed by atoms with van der Waals surface area (Å²) in [4.78, 5) is 21.8. The Hall–Kier alpha value is -2.11. The highest BCUT2D eigenvalue weighted by molar-refractivity contribution is 5.70. The molecule has 0 unspecified atom stereocenters. The summed E-state index contributed by atoms with van der Waals surface area (Å²) in [5.74, 6) is -0.455. The molecule has 104 valence electrons. The van der Waals surface area contributed by atoms with Gasteiger partial charge >= 0.3 is 5.97 Å². The molecule has 0 heterocycles. The van der Waals surface area contributed by atoms with Crippen molar-refractivity contribution in [1.29, 1.82) is 0 Å². The molecule has 0 bridgehead atoms. The van der Waals surface area contributed by atoms with E-state index < -0.39 is 16.8 Å². The van der Waals surface area contributed by atoms with Crippen molar-refractivity contribution in [3.8, 4) is 5.75 Å². The van der Waals surface area contributed by atoms with Crippen molar-refractivity contribution in [2.24, 2.45) is 0 Å². The second-order valence-electron chi connectivity index (χ2n) is 3.96. The SMILES string of the molecule is CCOC(=O)C[C@H](C[N+](=O)[O-])c1ccccc1OC. The zero-order chi connectivity index (χ0) is 14.3. The van der Waals surface area contributed by atoms with Crippen molar-refractivity contribution in [3.05, 3.63) is 39.9 Å². The first-order chi connectivity index (χ1) is 9.08. The van der Waals surface area contributed by atoms with E-state index in [2.05, 4.69) is 0 Å². The fourth-order valence-electron chi connectivity index (χ4n) is 1.88. The number of rotatable bonds is 7. The van der Waals surface area contributed by atoms with E-state index in [9.17, 15) is 14.9 Å².